The first-order chi connectivity index (χ1) is 8.70. The molecule has 1 heterocycles. The Bertz CT molecular complexity index is 551. The quantitative estimate of drug-likeness (QED) is 0.779. The van der Waals surface area contributed by atoms with Crippen molar-refractivity contribution in [1.29, 1.82) is 0 Å². The van der Waals surface area contributed by atoms with Gasteiger partial charge < -0.3 is 4.74 Å². The minimum Gasteiger partial charge on any atom is -0.462 e. The predicted octanol–water partition coefficient (Wildman–Crippen LogP) is 2.25. The second kappa shape index (κ2) is 5.44. The van der Waals surface area contributed by atoms with Crippen molar-refractivity contribution in [2.75, 3.05) is 6.61 Å². The molecule has 0 aliphatic heterocycles. The summed E-state index contributed by atoms with van der Waals surface area (Å²) in [4.78, 5) is 11.4. The number of halogens is 1. The van der Waals surface area contributed by atoms with Crippen LogP contribution >= 0.6 is 0 Å². The van der Waals surface area contributed by atoms with Gasteiger partial charge in [0.2, 0.25) is 0 Å². The molecule has 2 aromatic rings. The maximum atomic E-state index is 13.4. The van der Waals surface area contributed by atoms with Gasteiger partial charge >= 0.3 is 5.97 Å². The van der Waals surface area contributed by atoms with Gasteiger partial charge in [0.1, 0.15) is 5.82 Å². The molecule has 0 bridgehead atoms. The van der Waals surface area contributed by atoms with Crippen LogP contribution in [0.15, 0.2) is 36.7 Å². The first-order valence-electron chi connectivity index (χ1n) is 5.63. The lowest BCUT2D eigenvalue weighted by molar-refractivity contribution is 0.0526. The first kappa shape index (κ1) is 12.3. The number of ether oxygens (including phenoxy) is 1. The lowest BCUT2D eigenvalue weighted by Gasteiger charge is -2.02. The number of nitrogens with zero attached hydrogens (tertiary/aromatic N) is 2. The highest BCUT2D eigenvalue weighted by molar-refractivity contribution is 5.88. The van der Waals surface area contributed by atoms with Crippen molar-refractivity contribution in [1.82, 2.24) is 9.78 Å². The molecular weight excluding hydrogens is 235 g/mol. The zero-order valence-electron chi connectivity index (χ0n) is 9.97. The smallest absolute Gasteiger partial charge is 0.341 e. The van der Waals surface area contributed by atoms with Gasteiger partial charge in [0.15, 0.2) is 0 Å². The summed E-state index contributed by atoms with van der Waals surface area (Å²) in [5.41, 5.74) is 0.893. The van der Waals surface area contributed by atoms with Crippen molar-refractivity contribution in [2.24, 2.45) is 0 Å². The van der Waals surface area contributed by atoms with Crippen LogP contribution in [-0.2, 0) is 11.3 Å². The molecule has 0 unspecified atom stereocenters. The Morgan fingerprint density at radius 2 is 2.22 bits per heavy atom. The molecule has 4 nitrogen and oxygen atoms in total. The Labute approximate surface area is 104 Å². The van der Waals surface area contributed by atoms with Gasteiger partial charge in [-0.1, -0.05) is 18.2 Å². The van der Waals surface area contributed by atoms with Gasteiger partial charge in [0.05, 0.1) is 24.9 Å². The lowest BCUT2D eigenvalue weighted by Crippen LogP contribution is -2.04. The van der Waals surface area contributed by atoms with E-state index in [1.54, 1.807) is 31.3 Å². The van der Waals surface area contributed by atoms with Crippen LogP contribution in [-0.4, -0.2) is 22.4 Å². The van der Waals surface area contributed by atoms with Crippen molar-refractivity contribution in [3.05, 3.63) is 53.6 Å². The van der Waals surface area contributed by atoms with Gasteiger partial charge in [-0.3, -0.25) is 4.68 Å². The fourth-order valence-corrected chi connectivity index (χ4v) is 1.57. The van der Waals surface area contributed by atoms with Gasteiger partial charge in [0.25, 0.3) is 0 Å². The average molecular weight is 248 g/mol. The third-order valence-corrected chi connectivity index (χ3v) is 2.43. The van der Waals surface area contributed by atoms with Gasteiger partial charge in [-0.05, 0) is 13.0 Å². The van der Waals surface area contributed by atoms with Crippen molar-refractivity contribution >= 4 is 5.97 Å². The molecule has 0 fully saturated rings. The number of carbonyl (C=O) groups excluding carboxylic acids is 1. The maximum Gasteiger partial charge on any atom is 0.341 e. The summed E-state index contributed by atoms with van der Waals surface area (Å²) >= 11 is 0. The number of hydrogen-bond acceptors (Lipinski definition) is 3. The number of hydrogen-bond donors (Lipinski definition) is 0. The zero-order valence-corrected chi connectivity index (χ0v) is 9.97. The van der Waals surface area contributed by atoms with E-state index >= 15 is 0 Å². The second-order valence-corrected chi connectivity index (χ2v) is 3.74. The molecule has 94 valence electrons. The lowest BCUT2D eigenvalue weighted by atomic mass is 10.2. The molecular formula is C13H13FN2O2. The van der Waals surface area contributed by atoms with E-state index in [1.165, 1.54) is 16.9 Å². The molecule has 0 saturated carbocycles. The highest BCUT2D eigenvalue weighted by atomic mass is 19.1. The molecule has 0 N–H and O–H groups in total. The van der Waals surface area contributed by atoms with E-state index < -0.39 is 5.97 Å². The maximum absolute atomic E-state index is 13.4. The van der Waals surface area contributed by atoms with E-state index in [1.807, 2.05) is 0 Å². The molecule has 0 saturated heterocycles. The number of carbonyl (C=O) groups is 1. The standard InChI is InChI=1S/C13H13FN2O2/c1-2-18-13(17)11-7-15-16(9-11)8-10-5-3-4-6-12(10)14/h3-7,9H,2,8H2,1H3. The Morgan fingerprint density at radius 3 is 2.94 bits per heavy atom. The molecule has 0 radical (unpaired) electrons. The Hall–Kier alpha value is -2.17. The van der Waals surface area contributed by atoms with Gasteiger partial charge in [-0.15, -0.1) is 0 Å². The molecule has 0 spiro atoms. The Morgan fingerprint density at radius 1 is 1.44 bits per heavy atom. The van der Waals surface area contributed by atoms with Crippen molar-refractivity contribution < 1.29 is 13.9 Å². The fourth-order valence-electron chi connectivity index (χ4n) is 1.57. The van der Waals surface area contributed by atoms with Crippen LogP contribution in [0.5, 0.6) is 0 Å². The van der Waals surface area contributed by atoms with E-state index in [9.17, 15) is 9.18 Å². The predicted molar refractivity (Wildman–Crippen MR) is 63.7 cm³/mol. The summed E-state index contributed by atoms with van der Waals surface area (Å²) in [6, 6.07) is 6.46. The normalized spacial score (nSPS) is 10.3. The number of aromatic nitrogens is 2. The van der Waals surface area contributed by atoms with Crippen molar-refractivity contribution in [3.63, 3.8) is 0 Å². The topological polar surface area (TPSA) is 44.1 Å². The van der Waals surface area contributed by atoms with E-state index in [2.05, 4.69) is 5.10 Å². The summed E-state index contributed by atoms with van der Waals surface area (Å²) in [6.45, 7) is 2.34. The van der Waals surface area contributed by atoms with E-state index in [4.69, 9.17) is 4.74 Å². The van der Waals surface area contributed by atoms with E-state index in [0.29, 0.717) is 17.7 Å². The van der Waals surface area contributed by atoms with Crippen LogP contribution in [0, 0.1) is 5.82 Å². The molecule has 1 aromatic heterocycles. The van der Waals surface area contributed by atoms with E-state index in [-0.39, 0.29) is 12.4 Å². The summed E-state index contributed by atoms with van der Waals surface area (Å²) in [5, 5.41) is 4.01. The summed E-state index contributed by atoms with van der Waals surface area (Å²) in [7, 11) is 0. The van der Waals surface area contributed by atoms with Crippen LogP contribution < -0.4 is 0 Å². The highest BCUT2D eigenvalue weighted by Gasteiger charge is 2.10. The molecule has 0 aliphatic carbocycles. The van der Waals surface area contributed by atoms with Gasteiger partial charge in [0, 0.05) is 11.8 Å². The van der Waals surface area contributed by atoms with Crippen LogP contribution in [0.4, 0.5) is 4.39 Å². The van der Waals surface area contributed by atoms with Crippen molar-refractivity contribution in [2.45, 2.75) is 13.5 Å². The first-order valence-corrected chi connectivity index (χ1v) is 5.63. The van der Waals surface area contributed by atoms with Gasteiger partial charge in [-0.2, -0.15) is 5.10 Å². The largest absolute Gasteiger partial charge is 0.462 e. The average Bonchev–Trinajstić information content (AvgIpc) is 2.81. The minimum absolute atomic E-state index is 0.284. The second-order valence-electron chi connectivity index (χ2n) is 3.74. The molecule has 0 atom stereocenters. The monoisotopic (exact) mass is 248 g/mol. The Balaban J connectivity index is 2.12. The van der Waals surface area contributed by atoms with E-state index in [0.717, 1.165) is 0 Å². The molecule has 2 rings (SSSR count). The van der Waals surface area contributed by atoms with Crippen LogP contribution in [0.2, 0.25) is 0 Å². The fraction of sp³-hybridized carbons (Fsp3) is 0.231. The van der Waals surface area contributed by atoms with Crippen LogP contribution in [0.3, 0.4) is 0 Å². The SMILES string of the molecule is CCOC(=O)c1cnn(Cc2ccccc2F)c1. The third-order valence-electron chi connectivity index (χ3n) is 2.43. The summed E-state index contributed by atoms with van der Waals surface area (Å²) in [6.07, 6.45) is 2.96. The summed E-state index contributed by atoms with van der Waals surface area (Å²) < 4.78 is 19.8. The summed E-state index contributed by atoms with van der Waals surface area (Å²) in [5.74, 6) is -0.706. The van der Waals surface area contributed by atoms with Gasteiger partial charge in [-0.25, -0.2) is 9.18 Å². The minimum atomic E-state index is -0.419. The van der Waals surface area contributed by atoms with Crippen LogP contribution in [0.25, 0.3) is 0 Å². The number of rotatable bonds is 4. The molecule has 1 aromatic carbocycles. The van der Waals surface area contributed by atoms with Crippen molar-refractivity contribution in [3.8, 4) is 0 Å². The third kappa shape index (κ3) is 2.74. The molecule has 0 aliphatic rings. The van der Waals surface area contributed by atoms with Crippen LogP contribution in [0.1, 0.15) is 22.8 Å². The highest BCUT2D eigenvalue weighted by Crippen LogP contribution is 2.09. The number of benzene rings is 1. The molecule has 18 heavy (non-hydrogen) atoms. The number of esters is 1. The Kier molecular flexibility index (Phi) is 3.72. The molecule has 5 heteroatoms. The molecule has 0 amide bonds. The zero-order chi connectivity index (χ0) is 13.0.